The van der Waals surface area contributed by atoms with Crippen molar-refractivity contribution in [3.8, 4) is 0 Å². The molecule has 0 fully saturated rings. The number of carbonyl (C=O) groups excluding carboxylic acids is 1. The summed E-state index contributed by atoms with van der Waals surface area (Å²) in [6, 6.07) is 13.9. The maximum absolute atomic E-state index is 11.3. The molecule has 0 unspecified atom stereocenters. The molecule has 2 rings (SSSR count). The van der Waals surface area contributed by atoms with E-state index < -0.39 is 0 Å². The van der Waals surface area contributed by atoms with E-state index >= 15 is 0 Å². The molecule has 120 valence electrons. The van der Waals surface area contributed by atoms with Crippen LogP contribution in [-0.4, -0.2) is 25.7 Å². The number of benzene rings is 1. The molecular weight excluding hydrogens is 290 g/mol. The van der Waals surface area contributed by atoms with Gasteiger partial charge in [0.2, 0.25) is 0 Å². The highest BCUT2D eigenvalue weighted by Gasteiger charge is 2.05. The van der Waals surface area contributed by atoms with Crippen LogP contribution in [0.15, 0.2) is 71.4 Å². The third-order valence-corrected chi connectivity index (χ3v) is 3.29. The first-order chi connectivity index (χ1) is 11.3. The normalized spacial score (nSPS) is 12.7. The van der Waals surface area contributed by atoms with E-state index in [0.29, 0.717) is 6.54 Å². The fourth-order valence-electron chi connectivity index (χ4n) is 2.12. The number of rotatable bonds is 8. The summed E-state index contributed by atoms with van der Waals surface area (Å²) in [7, 11) is 1.37. The quantitative estimate of drug-likeness (QED) is 0.601. The van der Waals surface area contributed by atoms with Gasteiger partial charge in [0.1, 0.15) is 5.76 Å². The van der Waals surface area contributed by atoms with Gasteiger partial charge in [-0.2, -0.15) is 0 Å². The van der Waals surface area contributed by atoms with Gasteiger partial charge in [-0.25, -0.2) is 4.79 Å². The third-order valence-electron chi connectivity index (χ3n) is 3.29. The Morgan fingerprint density at radius 2 is 2.09 bits per heavy atom. The molecule has 0 aliphatic rings. The maximum atomic E-state index is 11.3. The second kappa shape index (κ2) is 9.43. The molecule has 1 atom stereocenters. The number of methoxy groups -OCH3 is 1. The van der Waals surface area contributed by atoms with Gasteiger partial charge >= 0.3 is 5.97 Å². The van der Waals surface area contributed by atoms with Crippen molar-refractivity contribution >= 4 is 12.0 Å². The zero-order valence-electron chi connectivity index (χ0n) is 13.1. The Labute approximate surface area is 136 Å². The fourth-order valence-corrected chi connectivity index (χ4v) is 2.12. The molecular formula is C19H21NO3. The van der Waals surface area contributed by atoms with Gasteiger partial charge in [0.05, 0.1) is 13.4 Å². The SMILES string of the molecule is COC(=O)C=C[C@H](Cc1ccccc1)NCC=Cc1ccco1. The molecule has 0 amide bonds. The molecule has 4 heteroatoms. The largest absolute Gasteiger partial charge is 0.466 e. The number of esters is 1. The van der Waals surface area contributed by atoms with E-state index in [0.717, 1.165) is 12.2 Å². The van der Waals surface area contributed by atoms with Crippen LogP contribution in [0.4, 0.5) is 0 Å². The van der Waals surface area contributed by atoms with Gasteiger partial charge in [0, 0.05) is 18.7 Å². The van der Waals surface area contributed by atoms with Crippen molar-refractivity contribution in [2.75, 3.05) is 13.7 Å². The van der Waals surface area contributed by atoms with E-state index in [1.54, 1.807) is 6.26 Å². The Kier molecular flexibility index (Phi) is 6.88. The zero-order valence-corrected chi connectivity index (χ0v) is 13.1. The van der Waals surface area contributed by atoms with Gasteiger partial charge in [-0.15, -0.1) is 0 Å². The van der Waals surface area contributed by atoms with E-state index in [1.165, 1.54) is 18.7 Å². The van der Waals surface area contributed by atoms with Crippen LogP contribution < -0.4 is 5.32 Å². The molecule has 0 saturated heterocycles. The third kappa shape index (κ3) is 6.36. The highest BCUT2D eigenvalue weighted by Crippen LogP contribution is 2.05. The second-order valence-corrected chi connectivity index (χ2v) is 5.00. The van der Waals surface area contributed by atoms with Gasteiger partial charge in [-0.1, -0.05) is 42.5 Å². The molecule has 0 radical (unpaired) electrons. The predicted octanol–water partition coefficient (Wildman–Crippen LogP) is 3.22. The summed E-state index contributed by atoms with van der Waals surface area (Å²) in [6.45, 7) is 0.670. The molecule has 0 aliphatic carbocycles. The monoisotopic (exact) mass is 311 g/mol. The highest BCUT2D eigenvalue weighted by atomic mass is 16.5. The van der Waals surface area contributed by atoms with E-state index in [4.69, 9.17) is 4.42 Å². The summed E-state index contributed by atoms with van der Waals surface area (Å²) in [5, 5.41) is 3.39. The van der Waals surface area contributed by atoms with Crippen LogP contribution in [0.2, 0.25) is 0 Å². The van der Waals surface area contributed by atoms with Gasteiger partial charge < -0.3 is 14.5 Å². The molecule has 0 saturated carbocycles. The molecule has 1 heterocycles. The van der Waals surface area contributed by atoms with E-state index in [1.807, 2.05) is 48.6 Å². The zero-order chi connectivity index (χ0) is 16.3. The summed E-state index contributed by atoms with van der Waals surface area (Å²) >= 11 is 0. The minimum Gasteiger partial charge on any atom is -0.466 e. The number of carbonyl (C=O) groups is 1. The van der Waals surface area contributed by atoms with Crippen LogP contribution in [0, 0.1) is 0 Å². The Morgan fingerprint density at radius 3 is 2.78 bits per heavy atom. The van der Waals surface area contributed by atoms with Crippen LogP contribution in [0.5, 0.6) is 0 Å². The lowest BCUT2D eigenvalue weighted by Gasteiger charge is -2.14. The lowest BCUT2D eigenvalue weighted by molar-refractivity contribution is -0.134. The molecule has 0 spiro atoms. The number of ether oxygens (including phenoxy) is 1. The molecule has 1 aromatic heterocycles. The lowest BCUT2D eigenvalue weighted by Crippen LogP contribution is -2.29. The predicted molar refractivity (Wildman–Crippen MR) is 90.8 cm³/mol. The molecule has 0 bridgehead atoms. The fraction of sp³-hybridized carbons (Fsp3) is 0.211. The number of furan rings is 1. The number of nitrogens with one attached hydrogen (secondary N) is 1. The maximum Gasteiger partial charge on any atom is 0.330 e. The topological polar surface area (TPSA) is 51.5 Å². The summed E-state index contributed by atoms with van der Waals surface area (Å²) < 4.78 is 9.89. The Balaban J connectivity index is 1.92. The molecule has 0 aliphatic heterocycles. The summed E-state index contributed by atoms with van der Waals surface area (Å²) in [6.07, 6.45) is 9.63. The summed E-state index contributed by atoms with van der Waals surface area (Å²) in [5.74, 6) is 0.465. The average molecular weight is 311 g/mol. The molecule has 2 aromatic rings. The molecule has 23 heavy (non-hydrogen) atoms. The van der Waals surface area contributed by atoms with Gasteiger partial charge in [0.25, 0.3) is 0 Å². The standard InChI is InChI=1S/C19H21NO3/c1-22-19(21)12-11-17(15-16-7-3-2-4-8-16)20-13-5-9-18-10-6-14-23-18/h2-12,14,17,20H,13,15H2,1H3/t17-/m1/s1. The van der Waals surface area contributed by atoms with Crippen molar-refractivity contribution in [1.82, 2.24) is 5.32 Å². The molecule has 1 N–H and O–H groups in total. The minimum absolute atomic E-state index is 0.0396. The lowest BCUT2D eigenvalue weighted by atomic mass is 10.1. The number of hydrogen-bond donors (Lipinski definition) is 1. The van der Waals surface area contributed by atoms with Crippen molar-refractivity contribution in [3.63, 3.8) is 0 Å². The average Bonchev–Trinajstić information content (AvgIpc) is 3.10. The van der Waals surface area contributed by atoms with Crippen LogP contribution in [-0.2, 0) is 16.0 Å². The van der Waals surface area contributed by atoms with Crippen molar-refractivity contribution in [1.29, 1.82) is 0 Å². The first kappa shape index (κ1) is 16.8. The van der Waals surface area contributed by atoms with Crippen LogP contribution in [0.3, 0.4) is 0 Å². The van der Waals surface area contributed by atoms with Crippen molar-refractivity contribution < 1.29 is 13.9 Å². The van der Waals surface area contributed by atoms with Crippen molar-refractivity contribution in [2.45, 2.75) is 12.5 Å². The van der Waals surface area contributed by atoms with Gasteiger partial charge in [-0.05, 0) is 30.2 Å². The summed E-state index contributed by atoms with van der Waals surface area (Å²) in [4.78, 5) is 11.3. The first-order valence-corrected chi connectivity index (χ1v) is 7.51. The minimum atomic E-state index is -0.351. The van der Waals surface area contributed by atoms with E-state index in [-0.39, 0.29) is 12.0 Å². The van der Waals surface area contributed by atoms with E-state index in [9.17, 15) is 4.79 Å². The number of hydrogen-bond acceptors (Lipinski definition) is 4. The Bertz CT molecular complexity index is 630. The Morgan fingerprint density at radius 1 is 1.26 bits per heavy atom. The molecule has 4 nitrogen and oxygen atoms in total. The van der Waals surface area contributed by atoms with Crippen LogP contribution in [0.1, 0.15) is 11.3 Å². The van der Waals surface area contributed by atoms with Gasteiger partial charge in [-0.3, -0.25) is 0 Å². The van der Waals surface area contributed by atoms with Crippen molar-refractivity contribution in [2.24, 2.45) is 0 Å². The smallest absolute Gasteiger partial charge is 0.330 e. The highest BCUT2D eigenvalue weighted by molar-refractivity contribution is 5.81. The van der Waals surface area contributed by atoms with Crippen molar-refractivity contribution in [3.05, 3.63) is 78.3 Å². The van der Waals surface area contributed by atoms with E-state index in [2.05, 4.69) is 22.2 Å². The Hall–Kier alpha value is -2.59. The van der Waals surface area contributed by atoms with Crippen LogP contribution >= 0.6 is 0 Å². The second-order valence-electron chi connectivity index (χ2n) is 5.00. The van der Waals surface area contributed by atoms with Crippen LogP contribution in [0.25, 0.3) is 6.08 Å². The molecule has 1 aromatic carbocycles. The summed E-state index contributed by atoms with van der Waals surface area (Å²) in [5.41, 5.74) is 1.20. The van der Waals surface area contributed by atoms with Gasteiger partial charge in [0.15, 0.2) is 0 Å². The first-order valence-electron chi connectivity index (χ1n) is 7.51.